The second-order valence-corrected chi connectivity index (χ2v) is 8.04. The predicted molar refractivity (Wildman–Crippen MR) is 110 cm³/mol. The molecule has 0 saturated carbocycles. The lowest BCUT2D eigenvalue weighted by atomic mass is 9.90. The molecular formula is C23H20N2OS. The topological polar surface area (TPSA) is 42.0 Å². The molecule has 4 rings (SSSR count). The largest absolute Gasteiger partial charge is 0.321 e. The molecule has 2 heterocycles. The summed E-state index contributed by atoms with van der Waals surface area (Å²) in [6, 6.07) is 15.3. The number of hydrogen-bond donors (Lipinski definition) is 1. The number of hydrogen-bond acceptors (Lipinski definition) is 3. The Kier molecular flexibility index (Phi) is 5.04. The van der Waals surface area contributed by atoms with E-state index in [4.69, 9.17) is 0 Å². The number of thiophene rings is 1. The molecule has 2 aromatic heterocycles. The molecule has 0 bridgehead atoms. The molecule has 0 fully saturated rings. The Bertz CT molecular complexity index is 1030. The number of anilines is 1. The van der Waals surface area contributed by atoms with Gasteiger partial charge in [0.1, 0.15) is 5.69 Å². The number of carbonyl (C=O) groups is 1. The molecule has 0 radical (unpaired) electrons. The van der Waals surface area contributed by atoms with Gasteiger partial charge < -0.3 is 5.32 Å². The molecular weight excluding hydrogens is 352 g/mol. The Morgan fingerprint density at radius 3 is 2.96 bits per heavy atom. The number of benzene rings is 1. The van der Waals surface area contributed by atoms with Crippen molar-refractivity contribution in [3.05, 3.63) is 81.3 Å². The molecule has 3 aromatic rings. The van der Waals surface area contributed by atoms with E-state index in [2.05, 4.69) is 35.1 Å². The Morgan fingerprint density at radius 1 is 1.19 bits per heavy atom. The van der Waals surface area contributed by atoms with Gasteiger partial charge >= 0.3 is 0 Å². The first-order valence-electron chi connectivity index (χ1n) is 9.13. The molecule has 1 unspecified atom stereocenters. The van der Waals surface area contributed by atoms with Crippen molar-refractivity contribution in [2.24, 2.45) is 5.92 Å². The lowest BCUT2D eigenvalue weighted by Crippen LogP contribution is -2.10. The summed E-state index contributed by atoms with van der Waals surface area (Å²) in [5.74, 6) is 6.80. The number of rotatable bonds is 2. The third-order valence-corrected chi connectivity index (χ3v) is 5.91. The van der Waals surface area contributed by atoms with Crippen LogP contribution in [0.3, 0.4) is 0 Å². The van der Waals surface area contributed by atoms with Crippen molar-refractivity contribution in [3.8, 4) is 11.8 Å². The predicted octanol–water partition coefficient (Wildman–Crippen LogP) is 4.92. The van der Waals surface area contributed by atoms with Gasteiger partial charge in [-0.2, -0.15) is 0 Å². The molecule has 0 saturated heterocycles. The molecule has 1 atom stereocenters. The van der Waals surface area contributed by atoms with Crippen LogP contribution in [0, 0.1) is 17.8 Å². The van der Waals surface area contributed by atoms with E-state index in [1.165, 1.54) is 16.9 Å². The molecule has 1 aromatic carbocycles. The van der Waals surface area contributed by atoms with E-state index in [0.29, 0.717) is 5.92 Å². The fourth-order valence-corrected chi connectivity index (χ4v) is 4.36. The summed E-state index contributed by atoms with van der Waals surface area (Å²) in [4.78, 5) is 19.0. The van der Waals surface area contributed by atoms with Crippen molar-refractivity contribution >= 4 is 22.9 Å². The molecule has 0 spiro atoms. The minimum atomic E-state index is -0.0445. The summed E-state index contributed by atoms with van der Waals surface area (Å²) in [6.45, 7) is 2.28. The van der Waals surface area contributed by atoms with Crippen molar-refractivity contribution in [3.63, 3.8) is 0 Å². The normalized spacial score (nSPS) is 15.4. The first kappa shape index (κ1) is 17.5. The maximum Gasteiger partial charge on any atom is 0.265 e. The zero-order valence-corrected chi connectivity index (χ0v) is 16.0. The van der Waals surface area contributed by atoms with Gasteiger partial charge in [0.15, 0.2) is 0 Å². The van der Waals surface area contributed by atoms with Crippen molar-refractivity contribution in [1.82, 2.24) is 4.98 Å². The van der Waals surface area contributed by atoms with Gasteiger partial charge in [-0.1, -0.05) is 25.0 Å². The number of nitrogens with zero attached hydrogens (tertiary/aromatic N) is 1. The number of amides is 1. The Hall–Kier alpha value is -2.90. The molecule has 0 aliphatic heterocycles. The SMILES string of the molecule is CC1CCc2sc(C(=O)Nc3cccc(C#Cc4ccccn4)c3)cc2C1. The molecule has 4 heteroatoms. The van der Waals surface area contributed by atoms with E-state index in [1.807, 2.05) is 42.5 Å². The summed E-state index contributed by atoms with van der Waals surface area (Å²) in [5.41, 5.74) is 3.68. The average molecular weight is 372 g/mol. The van der Waals surface area contributed by atoms with Crippen LogP contribution in [0.15, 0.2) is 54.7 Å². The van der Waals surface area contributed by atoms with E-state index in [-0.39, 0.29) is 5.91 Å². The third kappa shape index (κ3) is 4.27. The van der Waals surface area contributed by atoms with Gasteiger partial charge in [-0.05, 0) is 73.1 Å². The van der Waals surface area contributed by atoms with E-state index in [0.717, 1.165) is 34.7 Å². The van der Waals surface area contributed by atoms with Crippen LogP contribution in [0.5, 0.6) is 0 Å². The first-order valence-corrected chi connectivity index (χ1v) is 9.95. The van der Waals surface area contributed by atoms with E-state index in [9.17, 15) is 4.79 Å². The highest BCUT2D eigenvalue weighted by atomic mass is 32.1. The number of fused-ring (bicyclic) bond motifs is 1. The van der Waals surface area contributed by atoms with Crippen LogP contribution in [0.25, 0.3) is 0 Å². The van der Waals surface area contributed by atoms with E-state index < -0.39 is 0 Å². The second-order valence-electron chi connectivity index (χ2n) is 6.91. The maximum absolute atomic E-state index is 12.7. The van der Waals surface area contributed by atoms with Crippen molar-refractivity contribution in [2.75, 3.05) is 5.32 Å². The van der Waals surface area contributed by atoms with Gasteiger partial charge in [0.25, 0.3) is 5.91 Å². The van der Waals surface area contributed by atoms with Crippen LogP contribution in [-0.4, -0.2) is 10.9 Å². The quantitative estimate of drug-likeness (QED) is 0.649. The summed E-state index contributed by atoms with van der Waals surface area (Å²) in [7, 11) is 0. The minimum absolute atomic E-state index is 0.0445. The average Bonchev–Trinajstić information content (AvgIpc) is 3.11. The lowest BCUT2D eigenvalue weighted by Gasteiger charge is -2.16. The van der Waals surface area contributed by atoms with Crippen LogP contribution < -0.4 is 5.32 Å². The zero-order valence-electron chi connectivity index (χ0n) is 15.2. The van der Waals surface area contributed by atoms with Crippen LogP contribution in [0.2, 0.25) is 0 Å². The summed E-state index contributed by atoms with van der Waals surface area (Å²) >= 11 is 1.63. The van der Waals surface area contributed by atoms with Gasteiger partial charge in [-0.3, -0.25) is 4.79 Å². The highest BCUT2D eigenvalue weighted by Crippen LogP contribution is 2.32. The monoisotopic (exact) mass is 372 g/mol. The van der Waals surface area contributed by atoms with Gasteiger partial charge in [0.05, 0.1) is 4.88 Å². The van der Waals surface area contributed by atoms with Crippen LogP contribution >= 0.6 is 11.3 Å². The van der Waals surface area contributed by atoms with Gasteiger partial charge in [-0.25, -0.2) is 4.98 Å². The molecule has 1 amide bonds. The van der Waals surface area contributed by atoms with Crippen LogP contribution in [-0.2, 0) is 12.8 Å². The maximum atomic E-state index is 12.7. The highest BCUT2D eigenvalue weighted by Gasteiger charge is 2.20. The van der Waals surface area contributed by atoms with Gasteiger partial charge in [-0.15, -0.1) is 11.3 Å². The molecule has 1 aliphatic rings. The Balaban J connectivity index is 1.48. The Labute approximate surface area is 163 Å². The number of aromatic nitrogens is 1. The van der Waals surface area contributed by atoms with Gasteiger partial charge in [0.2, 0.25) is 0 Å². The third-order valence-electron chi connectivity index (χ3n) is 4.67. The van der Waals surface area contributed by atoms with Crippen molar-refractivity contribution in [1.29, 1.82) is 0 Å². The fourth-order valence-electron chi connectivity index (χ4n) is 3.26. The summed E-state index contributed by atoms with van der Waals surface area (Å²) < 4.78 is 0. The van der Waals surface area contributed by atoms with Crippen LogP contribution in [0.1, 0.15) is 44.7 Å². The van der Waals surface area contributed by atoms with E-state index >= 15 is 0 Å². The van der Waals surface area contributed by atoms with Gasteiger partial charge in [0, 0.05) is 22.3 Å². The zero-order chi connectivity index (χ0) is 18.6. The van der Waals surface area contributed by atoms with E-state index in [1.54, 1.807) is 17.5 Å². The lowest BCUT2D eigenvalue weighted by molar-refractivity contribution is 0.103. The number of aryl methyl sites for hydroxylation is 1. The molecule has 1 N–H and O–H groups in total. The number of carbonyl (C=O) groups excluding carboxylic acids is 1. The fraction of sp³-hybridized carbons (Fsp3) is 0.217. The smallest absolute Gasteiger partial charge is 0.265 e. The molecule has 3 nitrogen and oxygen atoms in total. The Morgan fingerprint density at radius 2 is 2.11 bits per heavy atom. The first-order chi connectivity index (χ1) is 13.2. The molecule has 27 heavy (non-hydrogen) atoms. The van der Waals surface area contributed by atoms with Crippen molar-refractivity contribution in [2.45, 2.75) is 26.2 Å². The second kappa shape index (κ2) is 7.77. The number of pyridine rings is 1. The number of nitrogens with one attached hydrogen (secondary N) is 1. The summed E-state index contributed by atoms with van der Waals surface area (Å²) in [5, 5.41) is 3.01. The summed E-state index contributed by atoms with van der Waals surface area (Å²) in [6.07, 6.45) is 5.11. The molecule has 134 valence electrons. The minimum Gasteiger partial charge on any atom is -0.321 e. The van der Waals surface area contributed by atoms with Crippen molar-refractivity contribution < 1.29 is 4.79 Å². The van der Waals surface area contributed by atoms with Crippen LogP contribution in [0.4, 0.5) is 5.69 Å². The standard InChI is InChI=1S/C23H20N2OS/c1-16-8-11-21-18(13-16)15-22(27-21)23(26)25-20-7-4-5-17(14-20)9-10-19-6-2-3-12-24-19/h2-7,12,14-16H,8,11,13H2,1H3,(H,25,26). The highest BCUT2D eigenvalue weighted by molar-refractivity contribution is 7.14. The molecule has 1 aliphatic carbocycles.